The number of nitrogens with zero attached hydrogens (tertiary/aromatic N) is 2. The summed E-state index contributed by atoms with van der Waals surface area (Å²) in [7, 11) is 0. The topological polar surface area (TPSA) is 42.4 Å². The molecule has 0 spiro atoms. The molecular formula is C22H27FN2O2. The van der Waals surface area contributed by atoms with E-state index in [1.54, 1.807) is 13.0 Å². The smallest absolute Gasteiger partial charge is 0.144 e. The van der Waals surface area contributed by atoms with E-state index >= 15 is 0 Å². The van der Waals surface area contributed by atoms with Crippen LogP contribution in [-0.4, -0.2) is 30.0 Å². The minimum atomic E-state index is -0.280. The van der Waals surface area contributed by atoms with E-state index in [0.29, 0.717) is 12.1 Å². The van der Waals surface area contributed by atoms with Crippen molar-refractivity contribution in [2.75, 3.05) is 18.0 Å². The Kier molecular flexibility index (Phi) is 6.09. The van der Waals surface area contributed by atoms with Gasteiger partial charge in [-0.05, 0) is 43.2 Å². The summed E-state index contributed by atoms with van der Waals surface area (Å²) in [5.74, 6) is 1.52. The van der Waals surface area contributed by atoms with E-state index in [-0.39, 0.29) is 23.6 Å². The van der Waals surface area contributed by atoms with Gasteiger partial charge in [0.25, 0.3) is 0 Å². The summed E-state index contributed by atoms with van der Waals surface area (Å²) >= 11 is 0. The van der Waals surface area contributed by atoms with E-state index in [4.69, 9.17) is 4.74 Å². The molecule has 5 heteroatoms. The van der Waals surface area contributed by atoms with Crippen molar-refractivity contribution in [2.24, 2.45) is 0 Å². The molecular weight excluding hydrogens is 343 g/mol. The molecule has 2 atom stereocenters. The van der Waals surface area contributed by atoms with Gasteiger partial charge in [-0.3, -0.25) is 4.79 Å². The molecule has 1 unspecified atom stereocenters. The molecule has 1 aliphatic rings. The summed E-state index contributed by atoms with van der Waals surface area (Å²) < 4.78 is 19.5. The van der Waals surface area contributed by atoms with Crippen molar-refractivity contribution in [1.29, 1.82) is 0 Å². The number of benzene rings is 1. The molecule has 0 radical (unpaired) electrons. The maximum absolute atomic E-state index is 13.4. The normalized spacial score (nSPS) is 17.8. The zero-order chi connectivity index (χ0) is 19.4. The van der Waals surface area contributed by atoms with Crippen LogP contribution in [0.5, 0.6) is 5.75 Å². The Bertz CT molecular complexity index is 791. The van der Waals surface area contributed by atoms with E-state index in [1.165, 1.54) is 6.07 Å². The Morgan fingerprint density at radius 2 is 2.04 bits per heavy atom. The number of hydrogen-bond donors (Lipinski definition) is 0. The number of Topliss-reactive ketones (excluding diaryl/α,β-unsaturated/α-hetero) is 1. The van der Waals surface area contributed by atoms with Gasteiger partial charge in [-0.2, -0.15) is 0 Å². The standard InChI is InChI=1S/C22H27FN2O2/c1-4-5-21(26)15(2)17-6-8-18(9-7-17)27-19-12-13-25(14-19)22-11-10-20(23)16(3)24-22/h6-11,15,19H,4-5,12-14H2,1-3H3/t15?,19-/m1/s1. The maximum Gasteiger partial charge on any atom is 0.144 e. The molecule has 1 aromatic heterocycles. The van der Waals surface area contributed by atoms with Crippen LogP contribution in [0, 0.1) is 12.7 Å². The third kappa shape index (κ3) is 4.65. The largest absolute Gasteiger partial charge is 0.489 e. The lowest BCUT2D eigenvalue weighted by Crippen LogP contribution is -2.25. The Hall–Kier alpha value is -2.43. The number of ketones is 1. The Morgan fingerprint density at radius 3 is 2.70 bits per heavy atom. The number of halogens is 1. The van der Waals surface area contributed by atoms with E-state index in [1.807, 2.05) is 38.1 Å². The number of aromatic nitrogens is 1. The number of ether oxygens (including phenoxy) is 1. The number of anilines is 1. The second-order valence-corrected chi connectivity index (χ2v) is 7.22. The van der Waals surface area contributed by atoms with Crippen LogP contribution in [0.15, 0.2) is 36.4 Å². The van der Waals surface area contributed by atoms with Crippen molar-refractivity contribution in [2.45, 2.75) is 52.1 Å². The zero-order valence-corrected chi connectivity index (χ0v) is 16.2. The lowest BCUT2D eigenvalue weighted by atomic mass is 9.94. The van der Waals surface area contributed by atoms with E-state index in [9.17, 15) is 9.18 Å². The molecule has 0 saturated carbocycles. The van der Waals surface area contributed by atoms with Gasteiger partial charge >= 0.3 is 0 Å². The maximum atomic E-state index is 13.4. The zero-order valence-electron chi connectivity index (χ0n) is 16.2. The van der Waals surface area contributed by atoms with Crippen LogP contribution < -0.4 is 9.64 Å². The van der Waals surface area contributed by atoms with E-state index < -0.39 is 0 Å². The summed E-state index contributed by atoms with van der Waals surface area (Å²) in [5, 5.41) is 0. The average Bonchev–Trinajstić information content (AvgIpc) is 3.12. The second-order valence-electron chi connectivity index (χ2n) is 7.22. The minimum absolute atomic E-state index is 0.0714. The molecule has 1 aromatic carbocycles. The van der Waals surface area contributed by atoms with Gasteiger partial charge in [0.05, 0.1) is 12.2 Å². The first kappa shape index (κ1) is 19.3. The van der Waals surface area contributed by atoms with Crippen molar-refractivity contribution in [1.82, 2.24) is 4.98 Å². The van der Waals surface area contributed by atoms with Gasteiger partial charge < -0.3 is 9.64 Å². The summed E-state index contributed by atoms with van der Waals surface area (Å²) in [6.45, 7) is 7.22. The monoisotopic (exact) mass is 370 g/mol. The number of carbonyl (C=O) groups excluding carboxylic acids is 1. The molecule has 1 fully saturated rings. The second kappa shape index (κ2) is 8.51. The lowest BCUT2D eigenvalue weighted by molar-refractivity contribution is -0.120. The molecule has 0 amide bonds. The molecule has 0 N–H and O–H groups in total. The van der Waals surface area contributed by atoms with Crippen LogP contribution in [0.4, 0.5) is 10.2 Å². The predicted molar refractivity (Wildman–Crippen MR) is 105 cm³/mol. The molecule has 0 aliphatic carbocycles. The lowest BCUT2D eigenvalue weighted by Gasteiger charge is -2.19. The highest BCUT2D eigenvalue weighted by Gasteiger charge is 2.25. The Labute approximate surface area is 160 Å². The molecule has 1 saturated heterocycles. The molecule has 2 heterocycles. The fraction of sp³-hybridized carbons (Fsp3) is 0.455. The molecule has 1 aliphatic heterocycles. The number of carbonyl (C=O) groups is 1. The van der Waals surface area contributed by atoms with Crippen LogP contribution in [0.2, 0.25) is 0 Å². The summed E-state index contributed by atoms with van der Waals surface area (Å²) in [6.07, 6.45) is 2.46. The first-order chi connectivity index (χ1) is 13.0. The Morgan fingerprint density at radius 1 is 1.30 bits per heavy atom. The van der Waals surface area contributed by atoms with E-state index in [0.717, 1.165) is 43.1 Å². The van der Waals surface area contributed by atoms with Gasteiger partial charge in [0.15, 0.2) is 0 Å². The van der Waals surface area contributed by atoms with Crippen LogP contribution in [0.3, 0.4) is 0 Å². The summed E-state index contributed by atoms with van der Waals surface area (Å²) in [6, 6.07) is 11.0. The first-order valence-corrected chi connectivity index (χ1v) is 9.65. The predicted octanol–water partition coefficient (Wildman–Crippen LogP) is 4.66. The highest BCUT2D eigenvalue weighted by molar-refractivity contribution is 5.85. The van der Waals surface area contributed by atoms with Crippen molar-refractivity contribution in [3.63, 3.8) is 0 Å². The van der Waals surface area contributed by atoms with Crippen molar-refractivity contribution >= 4 is 11.6 Å². The summed E-state index contributed by atoms with van der Waals surface area (Å²) in [5.41, 5.74) is 1.44. The van der Waals surface area contributed by atoms with Gasteiger partial charge in [0.1, 0.15) is 29.3 Å². The minimum Gasteiger partial charge on any atom is -0.489 e. The van der Waals surface area contributed by atoms with Crippen molar-refractivity contribution in [3.8, 4) is 5.75 Å². The fourth-order valence-electron chi connectivity index (χ4n) is 3.42. The van der Waals surface area contributed by atoms with Crippen molar-refractivity contribution < 1.29 is 13.9 Å². The summed E-state index contributed by atoms with van der Waals surface area (Å²) in [4.78, 5) is 18.5. The fourth-order valence-corrected chi connectivity index (χ4v) is 3.42. The molecule has 3 rings (SSSR count). The Balaban J connectivity index is 1.58. The molecule has 4 nitrogen and oxygen atoms in total. The third-order valence-corrected chi connectivity index (χ3v) is 5.14. The third-order valence-electron chi connectivity index (χ3n) is 5.14. The van der Waals surface area contributed by atoms with Crippen LogP contribution in [0.1, 0.15) is 50.3 Å². The van der Waals surface area contributed by atoms with Gasteiger partial charge in [-0.15, -0.1) is 0 Å². The first-order valence-electron chi connectivity index (χ1n) is 9.65. The molecule has 27 heavy (non-hydrogen) atoms. The van der Waals surface area contributed by atoms with Gasteiger partial charge in [-0.25, -0.2) is 9.37 Å². The number of hydrogen-bond acceptors (Lipinski definition) is 4. The number of aryl methyl sites for hydroxylation is 1. The van der Waals surface area contributed by atoms with Crippen molar-refractivity contribution in [3.05, 3.63) is 53.5 Å². The highest BCUT2D eigenvalue weighted by atomic mass is 19.1. The quantitative estimate of drug-likeness (QED) is 0.711. The molecule has 2 aromatic rings. The number of pyridine rings is 1. The highest BCUT2D eigenvalue weighted by Crippen LogP contribution is 2.25. The average molecular weight is 370 g/mol. The number of rotatable bonds is 7. The van der Waals surface area contributed by atoms with E-state index in [2.05, 4.69) is 9.88 Å². The van der Waals surface area contributed by atoms with Crippen LogP contribution >= 0.6 is 0 Å². The van der Waals surface area contributed by atoms with Gasteiger partial charge in [-0.1, -0.05) is 26.0 Å². The van der Waals surface area contributed by atoms with Gasteiger partial charge in [0, 0.05) is 25.3 Å². The van der Waals surface area contributed by atoms with Crippen LogP contribution in [0.25, 0.3) is 0 Å². The molecule has 0 bridgehead atoms. The molecule has 144 valence electrons. The van der Waals surface area contributed by atoms with Gasteiger partial charge in [0.2, 0.25) is 0 Å². The SMILES string of the molecule is CCCC(=O)C(C)c1ccc(O[C@@H]2CCN(c3ccc(F)c(C)n3)C2)cc1. The van der Waals surface area contributed by atoms with Crippen LogP contribution in [-0.2, 0) is 4.79 Å².